The molecular formula is C20H22FN3O3. The van der Waals surface area contributed by atoms with Crippen molar-refractivity contribution in [1.82, 2.24) is 10.6 Å². The van der Waals surface area contributed by atoms with E-state index in [9.17, 15) is 19.1 Å². The predicted molar refractivity (Wildman–Crippen MR) is 99.9 cm³/mol. The average molecular weight is 371 g/mol. The first-order chi connectivity index (χ1) is 13.1. The second-order valence-electron chi connectivity index (χ2n) is 6.38. The molecule has 0 spiro atoms. The Morgan fingerprint density at radius 1 is 1.11 bits per heavy atom. The SMILES string of the molecule is O=C(NCC(=O)N1CCCc2ccccc21)NC[C@@H](O)c1ccccc1F. The first-order valence-electron chi connectivity index (χ1n) is 8.88. The number of urea groups is 1. The molecule has 2 aromatic rings. The molecule has 0 saturated heterocycles. The maximum absolute atomic E-state index is 13.6. The van der Waals surface area contributed by atoms with Crippen LogP contribution < -0.4 is 15.5 Å². The highest BCUT2D eigenvalue weighted by molar-refractivity contribution is 5.97. The molecule has 1 atom stereocenters. The molecule has 0 aliphatic carbocycles. The lowest BCUT2D eigenvalue weighted by Crippen LogP contribution is -2.46. The van der Waals surface area contributed by atoms with Gasteiger partial charge in [0.2, 0.25) is 5.91 Å². The monoisotopic (exact) mass is 371 g/mol. The number of carbonyl (C=O) groups excluding carboxylic acids is 2. The minimum Gasteiger partial charge on any atom is -0.386 e. The van der Waals surface area contributed by atoms with Crippen molar-refractivity contribution in [2.75, 3.05) is 24.5 Å². The molecule has 3 N–H and O–H groups in total. The van der Waals surface area contributed by atoms with Crippen LogP contribution in [0.4, 0.5) is 14.9 Å². The van der Waals surface area contributed by atoms with Crippen LogP contribution in [-0.2, 0) is 11.2 Å². The van der Waals surface area contributed by atoms with Crippen LogP contribution in [0.1, 0.15) is 23.7 Å². The Morgan fingerprint density at radius 3 is 2.67 bits per heavy atom. The number of amides is 3. The lowest BCUT2D eigenvalue weighted by atomic mass is 10.0. The molecular weight excluding hydrogens is 349 g/mol. The van der Waals surface area contributed by atoms with E-state index in [0.29, 0.717) is 6.54 Å². The molecule has 0 radical (unpaired) electrons. The van der Waals surface area contributed by atoms with Crippen LogP contribution in [0, 0.1) is 5.82 Å². The summed E-state index contributed by atoms with van der Waals surface area (Å²) >= 11 is 0. The number of halogens is 1. The van der Waals surface area contributed by atoms with Crippen molar-refractivity contribution in [3.05, 3.63) is 65.5 Å². The van der Waals surface area contributed by atoms with Gasteiger partial charge in [0, 0.05) is 24.3 Å². The maximum atomic E-state index is 13.6. The standard InChI is InChI=1S/C20H22FN3O3/c21-16-9-3-2-8-15(16)18(25)12-22-20(27)23-13-19(26)24-11-5-7-14-6-1-4-10-17(14)24/h1-4,6,8-10,18,25H,5,7,11-13H2,(H2,22,23,27)/t18-/m1/s1. The molecule has 0 fully saturated rings. The Balaban J connectivity index is 1.48. The molecule has 27 heavy (non-hydrogen) atoms. The van der Waals surface area contributed by atoms with Gasteiger partial charge < -0.3 is 20.6 Å². The van der Waals surface area contributed by atoms with Gasteiger partial charge in [0.15, 0.2) is 0 Å². The number of para-hydroxylation sites is 1. The fourth-order valence-electron chi connectivity index (χ4n) is 3.15. The van der Waals surface area contributed by atoms with Crippen molar-refractivity contribution >= 4 is 17.6 Å². The number of anilines is 1. The number of rotatable bonds is 5. The van der Waals surface area contributed by atoms with Crippen LogP contribution in [0.15, 0.2) is 48.5 Å². The largest absolute Gasteiger partial charge is 0.386 e. The number of hydrogen-bond donors (Lipinski definition) is 3. The third-order valence-electron chi connectivity index (χ3n) is 4.53. The summed E-state index contributed by atoms with van der Waals surface area (Å²) < 4.78 is 13.6. The summed E-state index contributed by atoms with van der Waals surface area (Å²) in [6, 6.07) is 13.0. The number of hydrogen-bond acceptors (Lipinski definition) is 3. The zero-order valence-electron chi connectivity index (χ0n) is 14.8. The van der Waals surface area contributed by atoms with Crippen LogP contribution in [0.2, 0.25) is 0 Å². The van der Waals surface area contributed by atoms with Gasteiger partial charge in [-0.1, -0.05) is 36.4 Å². The van der Waals surface area contributed by atoms with E-state index in [-0.39, 0.29) is 24.6 Å². The Morgan fingerprint density at radius 2 is 1.85 bits per heavy atom. The van der Waals surface area contributed by atoms with Gasteiger partial charge >= 0.3 is 6.03 Å². The summed E-state index contributed by atoms with van der Waals surface area (Å²) in [5.74, 6) is -0.738. The number of carbonyl (C=O) groups is 2. The predicted octanol–water partition coefficient (Wildman–Crippen LogP) is 2.14. The number of aliphatic hydroxyl groups excluding tert-OH is 1. The van der Waals surface area contributed by atoms with E-state index in [0.717, 1.165) is 24.1 Å². The van der Waals surface area contributed by atoms with Gasteiger partial charge in [-0.3, -0.25) is 4.79 Å². The molecule has 0 aromatic heterocycles. The van der Waals surface area contributed by atoms with Crippen molar-refractivity contribution in [3.8, 4) is 0 Å². The van der Waals surface area contributed by atoms with Crippen LogP contribution in [-0.4, -0.2) is 36.7 Å². The van der Waals surface area contributed by atoms with Crippen LogP contribution in [0.25, 0.3) is 0 Å². The second kappa shape index (κ2) is 8.64. The van der Waals surface area contributed by atoms with E-state index in [1.165, 1.54) is 18.2 Å². The Labute approximate surface area is 157 Å². The second-order valence-corrected chi connectivity index (χ2v) is 6.38. The highest BCUT2D eigenvalue weighted by Crippen LogP contribution is 2.26. The molecule has 2 aromatic carbocycles. The zero-order chi connectivity index (χ0) is 19.2. The van der Waals surface area contributed by atoms with Crippen LogP contribution in [0.5, 0.6) is 0 Å². The number of nitrogens with zero attached hydrogens (tertiary/aromatic N) is 1. The average Bonchev–Trinajstić information content (AvgIpc) is 2.70. The minimum absolute atomic E-state index is 0.110. The number of benzene rings is 2. The summed E-state index contributed by atoms with van der Waals surface area (Å²) in [5, 5.41) is 14.9. The number of aliphatic hydroxyl groups is 1. The van der Waals surface area contributed by atoms with E-state index in [1.807, 2.05) is 24.3 Å². The minimum atomic E-state index is -1.17. The Hall–Kier alpha value is -2.93. The molecule has 1 aliphatic rings. The van der Waals surface area contributed by atoms with E-state index in [2.05, 4.69) is 10.6 Å². The Kier molecular flexibility index (Phi) is 6.03. The lowest BCUT2D eigenvalue weighted by molar-refractivity contribution is -0.117. The van der Waals surface area contributed by atoms with E-state index in [1.54, 1.807) is 11.0 Å². The van der Waals surface area contributed by atoms with Crippen molar-refractivity contribution in [2.45, 2.75) is 18.9 Å². The van der Waals surface area contributed by atoms with Gasteiger partial charge in [-0.2, -0.15) is 0 Å². The molecule has 7 heteroatoms. The summed E-state index contributed by atoms with van der Waals surface area (Å²) in [6.45, 7) is 0.300. The molecule has 142 valence electrons. The lowest BCUT2D eigenvalue weighted by Gasteiger charge is -2.29. The molecule has 1 aliphatic heterocycles. The van der Waals surface area contributed by atoms with Crippen molar-refractivity contribution in [2.24, 2.45) is 0 Å². The summed E-state index contributed by atoms with van der Waals surface area (Å²) in [4.78, 5) is 26.0. The fraction of sp³-hybridized carbons (Fsp3) is 0.300. The first kappa shape index (κ1) is 18.8. The third kappa shape index (κ3) is 4.62. The van der Waals surface area contributed by atoms with Crippen LogP contribution >= 0.6 is 0 Å². The first-order valence-corrected chi connectivity index (χ1v) is 8.88. The summed E-state index contributed by atoms with van der Waals surface area (Å²) in [5.41, 5.74) is 2.11. The van der Waals surface area contributed by atoms with Crippen molar-refractivity contribution < 1.29 is 19.1 Å². The quantitative estimate of drug-likeness (QED) is 0.753. The van der Waals surface area contributed by atoms with Gasteiger partial charge in [-0.15, -0.1) is 0 Å². The molecule has 0 unspecified atom stereocenters. The zero-order valence-corrected chi connectivity index (χ0v) is 14.8. The van der Waals surface area contributed by atoms with Crippen molar-refractivity contribution in [3.63, 3.8) is 0 Å². The molecule has 3 amide bonds. The highest BCUT2D eigenvalue weighted by Gasteiger charge is 2.22. The topological polar surface area (TPSA) is 81.7 Å². The maximum Gasteiger partial charge on any atom is 0.315 e. The van der Waals surface area contributed by atoms with E-state index < -0.39 is 18.0 Å². The van der Waals surface area contributed by atoms with E-state index in [4.69, 9.17) is 0 Å². The Bertz CT molecular complexity index is 828. The number of nitrogens with one attached hydrogen (secondary N) is 2. The van der Waals surface area contributed by atoms with E-state index >= 15 is 0 Å². The van der Waals surface area contributed by atoms with Gasteiger partial charge in [0.05, 0.1) is 12.6 Å². The van der Waals surface area contributed by atoms with Gasteiger partial charge in [-0.05, 0) is 30.5 Å². The summed E-state index contributed by atoms with van der Waals surface area (Å²) in [6.07, 6.45) is 0.646. The number of aryl methyl sites for hydroxylation is 1. The van der Waals surface area contributed by atoms with Gasteiger partial charge in [0.25, 0.3) is 0 Å². The van der Waals surface area contributed by atoms with Crippen LogP contribution in [0.3, 0.4) is 0 Å². The molecule has 0 saturated carbocycles. The molecule has 0 bridgehead atoms. The number of fused-ring (bicyclic) bond motifs is 1. The highest BCUT2D eigenvalue weighted by atomic mass is 19.1. The van der Waals surface area contributed by atoms with Crippen molar-refractivity contribution in [1.29, 1.82) is 0 Å². The molecule has 1 heterocycles. The smallest absolute Gasteiger partial charge is 0.315 e. The van der Waals surface area contributed by atoms with Gasteiger partial charge in [-0.25, -0.2) is 9.18 Å². The fourth-order valence-corrected chi connectivity index (χ4v) is 3.15. The van der Waals surface area contributed by atoms with Gasteiger partial charge in [0.1, 0.15) is 5.82 Å². The molecule has 3 rings (SSSR count). The summed E-state index contributed by atoms with van der Waals surface area (Å²) in [7, 11) is 0. The molecule has 6 nitrogen and oxygen atoms in total. The third-order valence-corrected chi connectivity index (χ3v) is 4.53. The normalized spacial score (nSPS) is 14.2.